The molecule has 19 heavy (non-hydrogen) atoms. The maximum absolute atomic E-state index is 13.1. The molecule has 0 bridgehead atoms. The van der Waals surface area contributed by atoms with Crippen LogP contribution in [0.2, 0.25) is 0 Å². The summed E-state index contributed by atoms with van der Waals surface area (Å²) in [6, 6.07) is 8.42. The molecule has 2 nitrogen and oxygen atoms in total. The van der Waals surface area contributed by atoms with Gasteiger partial charge in [-0.2, -0.15) is 8.78 Å². The Hall–Kier alpha value is -1.56. The molecular weight excluding hydrogens is 323 g/mol. The Balaban J connectivity index is 2.18. The summed E-state index contributed by atoms with van der Waals surface area (Å²) in [6.45, 7) is -1.72. The number of pyridine rings is 1. The first kappa shape index (κ1) is 13.9. The SMILES string of the molecule is FCC(F)(F)c1ccc(Oc2ncccc2Br)cc1. The van der Waals surface area contributed by atoms with Crippen LogP contribution in [0.3, 0.4) is 0 Å². The van der Waals surface area contributed by atoms with Gasteiger partial charge >= 0.3 is 5.92 Å². The summed E-state index contributed by atoms with van der Waals surface area (Å²) >= 11 is 3.25. The minimum atomic E-state index is -3.47. The smallest absolute Gasteiger partial charge is 0.301 e. The Kier molecular flexibility index (Phi) is 4.09. The van der Waals surface area contributed by atoms with E-state index in [4.69, 9.17) is 4.74 Å². The van der Waals surface area contributed by atoms with Crippen molar-refractivity contribution in [2.45, 2.75) is 5.92 Å². The zero-order chi connectivity index (χ0) is 13.9. The van der Waals surface area contributed by atoms with Crippen molar-refractivity contribution in [2.24, 2.45) is 0 Å². The molecular formula is C13H9BrF3NO. The highest BCUT2D eigenvalue weighted by molar-refractivity contribution is 9.10. The van der Waals surface area contributed by atoms with Crippen LogP contribution < -0.4 is 4.74 Å². The molecule has 0 saturated heterocycles. The second kappa shape index (κ2) is 5.61. The number of hydrogen-bond acceptors (Lipinski definition) is 2. The Bertz CT molecular complexity index is 560. The molecule has 0 fully saturated rings. The largest absolute Gasteiger partial charge is 0.438 e. The molecule has 0 N–H and O–H groups in total. The second-order valence-electron chi connectivity index (χ2n) is 3.75. The topological polar surface area (TPSA) is 22.1 Å². The number of benzene rings is 1. The molecule has 0 atom stereocenters. The fraction of sp³-hybridized carbons (Fsp3) is 0.154. The van der Waals surface area contributed by atoms with E-state index >= 15 is 0 Å². The first-order chi connectivity index (χ1) is 9.03. The summed E-state index contributed by atoms with van der Waals surface area (Å²) in [4.78, 5) is 3.98. The van der Waals surface area contributed by atoms with E-state index in [2.05, 4.69) is 20.9 Å². The van der Waals surface area contributed by atoms with Gasteiger partial charge in [-0.15, -0.1) is 0 Å². The third-order valence-corrected chi connectivity index (χ3v) is 2.99. The van der Waals surface area contributed by atoms with Crippen LogP contribution in [0.15, 0.2) is 47.1 Å². The molecule has 1 aromatic carbocycles. The fourth-order valence-corrected chi connectivity index (χ4v) is 1.74. The number of aromatic nitrogens is 1. The molecule has 6 heteroatoms. The maximum Gasteiger partial charge on any atom is 0.301 e. The maximum atomic E-state index is 13.1. The van der Waals surface area contributed by atoms with Gasteiger partial charge in [0.05, 0.1) is 4.47 Å². The van der Waals surface area contributed by atoms with E-state index in [0.29, 0.717) is 16.1 Å². The van der Waals surface area contributed by atoms with Crippen LogP contribution >= 0.6 is 15.9 Å². The van der Waals surface area contributed by atoms with Crippen LogP contribution in [0.5, 0.6) is 11.6 Å². The third kappa shape index (κ3) is 3.26. The molecule has 0 spiro atoms. The van der Waals surface area contributed by atoms with E-state index in [9.17, 15) is 13.2 Å². The highest BCUT2D eigenvalue weighted by Gasteiger charge is 2.31. The molecule has 0 amide bonds. The van der Waals surface area contributed by atoms with E-state index in [-0.39, 0.29) is 5.56 Å². The molecule has 1 aromatic heterocycles. The van der Waals surface area contributed by atoms with Crippen molar-refractivity contribution in [3.8, 4) is 11.6 Å². The molecule has 1 heterocycles. The number of halogens is 4. The number of alkyl halides is 3. The van der Waals surface area contributed by atoms with Gasteiger partial charge in [0.2, 0.25) is 5.88 Å². The first-order valence-corrected chi connectivity index (χ1v) is 6.15. The Labute approximate surface area is 116 Å². The Morgan fingerprint density at radius 1 is 1.16 bits per heavy atom. The lowest BCUT2D eigenvalue weighted by atomic mass is 10.1. The van der Waals surface area contributed by atoms with Crippen LogP contribution in [-0.2, 0) is 5.92 Å². The minimum absolute atomic E-state index is 0.326. The van der Waals surface area contributed by atoms with Crippen LogP contribution in [0.4, 0.5) is 13.2 Å². The van der Waals surface area contributed by atoms with Crippen molar-refractivity contribution in [1.82, 2.24) is 4.98 Å². The summed E-state index contributed by atoms with van der Waals surface area (Å²) in [5.41, 5.74) is -0.387. The number of rotatable bonds is 4. The predicted octanol–water partition coefficient (Wildman–Crippen LogP) is 4.70. The van der Waals surface area contributed by atoms with E-state index in [1.807, 2.05) is 0 Å². The summed E-state index contributed by atoms with van der Waals surface area (Å²) in [6.07, 6.45) is 1.55. The molecule has 100 valence electrons. The lowest BCUT2D eigenvalue weighted by molar-refractivity contribution is -0.0281. The van der Waals surface area contributed by atoms with Gasteiger partial charge < -0.3 is 4.74 Å². The van der Waals surface area contributed by atoms with E-state index in [1.165, 1.54) is 12.1 Å². The van der Waals surface area contributed by atoms with Gasteiger partial charge in [-0.25, -0.2) is 9.37 Å². The summed E-state index contributed by atoms with van der Waals surface area (Å²) < 4.78 is 44.4. The molecule has 0 aliphatic rings. The molecule has 2 rings (SSSR count). The monoisotopic (exact) mass is 331 g/mol. The normalized spacial score (nSPS) is 11.4. The summed E-state index contributed by atoms with van der Waals surface area (Å²) in [5.74, 6) is -2.80. The van der Waals surface area contributed by atoms with Gasteiger partial charge in [0.25, 0.3) is 0 Å². The van der Waals surface area contributed by atoms with Crippen molar-refractivity contribution in [1.29, 1.82) is 0 Å². The van der Waals surface area contributed by atoms with E-state index in [0.717, 1.165) is 12.1 Å². The van der Waals surface area contributed by atoms with E-state index < -0.39 is 12.6 Å². The van der Waals surface area contributed by atoms with Gasteiger partial charge in [-0.1, -0.05) is 0 Å². The van der Waals surface area contributed by atoms with Crippen LogP contribution in [-0.4, -0.2) is 11.7 Å². The van der Waals surface area contributed by atoms with Gasteiger partial charge in [0.15, 0.2) is 6.67 Å². The predicted molar refractivity (Wildman–Crippen MR) is 68.3 cm³/mol. The number of hydrogen-bond donors (Lipinski definition) is 0. The standard InChI is InChI=1S/C13H9BrF3NO/c14-11-2-1-7-18-12(11)19-10-5-3-9(4-6-10)13(16,17)8-15/h1-7H,8H2. The lowest BCUT2D eigenvalue weighted by Gasteiger charge is -2.13. The van der Waals surface area contributed by atoms with Gasteiger partial charge in [0, 0.05) is 11.8 Å². The Morgan fingerprint density at radius 3 is 2.42 bits per heavy atom. The quantitative estimate of drug-likeness (QED) is 0.810. The molecule has 0 radical (unpaired) electrons. The third-order valence-electron chi connectivity index (χ3n) is 2.38. The summed E-state index contributed by atoms with van der Waals surface area (Å²) in [7, 11) is 0. The molecule has 0 aliphatic heterocycles. The molecule has 0 aliphatic carbocycles. The van der Waals surface area contributed by atoms with Crippen molar-refractivity contribution < 1.29 is 17.9 Å². The van der Waals surface area contributed by atoms with Crippen molar-refractivity contribution >= 4 is 15.9 Å². The van der Waals surface area contributed by atoms with Crippen LogP contribution in [0, 0.1) is 0 Å². The lowest BCUT2D eigenvalue weighted by Crippen LogP contribution is -2.15. The zero-order valence-electron chi connectivity index (χ0n) is 9.62. The Morgan fingerprint density at radius 2 is 1.84 bits per heavy atom. The zero-order valence-corrected chi connectivity index (χ0v) is 11.2. The van der Waals surface area contributed by atoms with Crippen molar-refractivity contribution in [3.05, 3.63) is 52.6 Å². The summed E-state index contributed by atoms with van der Waals surface area (Å²) in [5, 5.41) is 0. The van der Waals surface area contributed by atoms with Crippen LogP contribution in [0.25, 0.3) is 0 Å². The molecule has 0 saturated carbocycles. The fourth-order valence-electron chi connectivity index (χ4n) is 1.40. The van der Waals surface area contributed by atoms with Crippen LogP contribution in [0.1, 0.15) is 5.56 Å². The average molecular weight is 332 g/mol. The van der Waals surface area contributed by atoms with Gasteiger partial charge in [-0.3, -0.25) is 0 Å². The highest BCUT2D eigenvalue weighted by atomic mass is 79.9. The van der Waals surface area contributed by atoms with Gasteiger partial charge in [0.1, 0.15) is 5.75 Å². The van der Waals surface area contributed by atoms with Gasteiger partial charge in [-0.05, 0) is 52.3 Å². The second-order valence-corrected chi connectivity index (χ2v) is 4.61. The average Bonchev–Trinajstić information content (AvgIpc) is 2.42. The first-order valence-electron chi connectivity index (χ1n) is 5.35. The van der Waals surface area contributed by atoms with E-state index in [1.54, 1.807) is 18.3 Å². The molecule has 0 unspecified atom stereocenters. The number of ether oxygens (including phenoxy) is 1. The number of nitrogens with zero attached hydrogens (tertiary/aromatic N) is 1. The van der Waals surface area contributed by atoms with Crippen molar-refractivity contribution in [2.75, 3.05) is 6.67 Å². The van der Waals surface area contributed by atoms with Crippen molar-refractivity contribution in [3.63, 3.8) is 0 Å². The molecule has 2 aromatic rings. The highest BCUT2D eigenvalue weighted by Crippen LogP contribution is 2.31. The minimum Gasteiger partial charge on any atom is -0.438 e.